The second-order valence-electron chi connectivity index (χ2n) is 2.05. The van der Waals surface area contributed by atoms with Gasteiger partial charge in [-0.15, -0.1) is 13.2 Å². The van der Waals surface area contributed by atoms with E-state index in [-0.39, 0.29) is 0 Å². The van der Waals surface area contributed by atoms with E-state index in [4.69, 9.17) is 0 Å². The monoisotopic (exact) mass is 155 g/mol. The fraction of sp³-hybridized carbons (Fsp3) is 0.500. The van der Waals surface area contributed by atoms with E-state index >= 15 is 0 Å². The maximum atomic E-state index is 3.61. The Morgan fingerprint density at radius 1 is 1.18 bits per heavy atom. The van der Waals surface area contributed by atoms with E-state index in [0.717, 1.165) is 19.6 Å². The molecular weight excluding hydrogens is 138 g/mol. The molecule has 0 aliphatic carbocycles. The van der Waals surface area contributed by atoms with E-state index in [1.165, 1.54) is 0 Å². The van der Waals surface area contributed by atoms with Crippen molar-refractivity contribution in [3.05, 3.63) is 25.3 Å². The average molecular weight is 155 g/mol. The molecule has 0 heterocycles. The molecule has 0 aromatic rings. The van der Waals surface area contributed by atoms with Crippen molar-refractivity contribution < 1.29 is 0 Å². The number of hydrogen-bond acceptors (Lipinski definition) is 3. The number of nitrogens with one attached hydrogen (secondary N) is 2. The summed E-state index contributed by atoms with van der Waals surface area (Å²) in [7, 11) is 0. The molecule has 0 unspecified atom stereocenters. The lowest BCUT2D eigenvalue weighted by atomic mass is 10.6. The third kappa shape index (κ3) is 5.79. The maximum Gasteiger partial charge on any atom is 0.0294 e. The van der Waals surface area contributed by atoms with E-state index in [1.54, 1.807) is 0 Å². The van der Waals surface area contributed by atoms with Gasteiger partial charge in [0.1, 0.15) is 0 Å². The molecule has 0 aliphatic heterocycles. The van der Waals surface area contributed by atoms with Gasteiger partial charge in [-0.25, -0.2) is 10.9 Å². The summed E-state index contributed by atoms with van der Waals surface area (Å²) >= 11 is 0. The van der Waals surface area contributed by atoms with Crippen molar-refractivity contribution >= 4 is 0 Å². The normalized spacial score (nSPS) is 10.0. The lowest BCUT2D eigenvalue weighted by Gasteiger charge is -2.20. The predicted molar refractivity (Wildman–Crippen MR) is 48.8 cm³/mol. The molecule has 0 saturated heterocycles. The molecule has 0 spiro atoms. The summed E-state index contributed by atoms with van der Waals surface area (Å²) in [5.41, 5.74) is 6.22. The van der Waals surface area contributed by atoms with E-state index in [1.807, 2.05) is 17.3 Å². The van der Waals surface area contributed by atoms with Crippen molar-refractivity contribution in [3.8, 4) is 0 Å². The third-order valence-corrected chi connectivity index (χ3v) is 1.17. The van der Waals surface area contributed by atoms with Crippen LogP contribution in [0.4, 0.5) is 0 Å². The maximum absolute atomic E-state index is 3.61. The Morgan fingerprint density at radius 2 is 1.64 bits per heavy atom. The van der Waals surface area contributed by atoms with Crippen LogP contribution in [0.5, 0.6) is 0 Å². The van der Waals surface area contributed by atoms with Crippen LogP contribution in [0.3, 0.4) is 0 Å². The smallest absolute Gasteiger partial charge is 0.0294 e. The lowest BCUT2D eigenvalue weighted by molar-refractivity contribution is 0.137. The minimum atomic E-state index is 0.776. The van der Waals surface area contributed by atoms with Crippen molar-refractivity contribution in [2.45, 2.75) is 6.92 Å². The Kier molecular flexibility index (Phi) is 7.03. The summed E-state index contributed by atoms with van der Waals surface area (Å²) in [6, 6.07) is 0. The molecule has 0 saturated carbocycles. The second kappa shape index (κ2) is 7.47. The molecule has 0 aromatic carbocycles. The molecule has 0 rings (SSSR count). The van der Waals surface area contributed by atoms with Gasteiger partial charge in [-0.1, -0.05) is 12.2 Å². The van der Waals surface area contributed by atoms with Crippen LogP contribution in [0.2, 0.25) is 0 Å². The van der Waals surface area contributed by atoms with E-state index in [2.05, 4.69) is 30.9 Å². The molecule has 0 amide bonds. The van der Waals surface area contributed by atoms with Gasteiger partial charge < -0.3 is 0 Å². The molecule has 11 heavy (non-hydrogen) atoms. The molecule has 0 fully saturated rings. The fourth-order valence-electron chi connectivity index (χ4n) is 0.629. The van der Waals surface area contributed by atoms with Gasteiger partial charge in [0.2, 0.25) is 0 Å². The van der Waals surface area contributed by atoms with Crippen LogP contribution in [0, 0.1) is 0 Å². The summed E-state index contributed by atoms with van der Waals surface area (Å²) in [4.78, 5) is 0. The van der Waals surface area contributed by atoms with E-state index < -0.39 is 0 Å². The first kappa shape index (κ1) is 10.4. The highest BCUT2D eigenvalue weighted by Crippen LogP contribution is 1.74. The van der Waals surface area contributed by atoms with Crippen molar-refractivity contribution in [2.24, 2.45) is 0 Å². The largest absolute Gasteiger partial charge is 0.238 e. The van der Waals surface area contributed by atoms with Crippen molar-refractivity contribution in [2.75, 3.05) is 19.6 Å². The van der Waals surface area contributed by atoms with Crippen LogP contribution in [0.15, 0.2) is 25.3 Å². The summed E-state index contributed by atoms with van der Waals surface area (Å²) in [5.74, 6) is 0. The zero-order chi connectivity index (χ0) is 8.53. The minimum Gasteiger partial charge on any atom is -0.238 e. The summed E-state index contributed by atoms with van der Waals surface area (Å²) in [5, 5.41) is 1.91. The van der Waals surface area contributed by atoms with Crippen LogP contribution < -0.4 is 10.9 Å². The number of hydrazine groups is 2. The number of hydrogen-bond donors (Lipinski definition) is 2. The Balaban J connectivity index is 3.39. The number of nitrogens with zero attached hydrogens (tertiary/aromatic N) is 1. The standard InChI is InChI=1S/C8H17N3/c1-4-7-9-11(6-3)10-8-5-2/h4-5,9-10H,1-2,6-8H2,3H3. The molecule has 0 radical (unpaired) electrons. The van der Waals surface area contributed by atoms with Crippen LogP contribution in [0.1, 0.15) is 6.92 Å². The SMILES string of the molecule is C=CCNN(CC)NCC=C. The molecule has 3 nitrogen and oxygen atoms in total. The molecule has 2 N–H and O–H groups in total. The average Bonchev–Trinajstić information content (AvgIpc) is 2.05. The third-order valence-electron chi connectivity index (χ3n) is 1.17. The molecular formula is C8H17N3. The van der Waals surface area contributed by atoms with E-state index in [0.29, 0.717) is 0 Å². The predicted octanol–water partition coefficient (Wildman–Crippen LogP) is 0.690. The first-order valence-electron chi connectivity index (χ1n) is 3.81. The molecule has 0 aliphatic rings. The highest BCUT2D eigenvalue weighted by atomic mass is 15.7. The van der Waals surface area contributed by atoms with Crippen LogP contribution in [0.25, 0.3) is 0 Å². The number of rotatable bonds is 7. The Bertz CT molecular complexity index is 99.9. The fourth-order valence-corrected chi connectivity index (χ4v) is 0.629. The van der Waals surface area contributed by atoms with Gasteiger partial charge in [0.25, 0.3) is 0 Å². The summed E-state index contributed by atoms with van der Waals surface area (Å²) < 4.78 is 0. The summed E-state index contributed by atoms with van der Waals surface area (Å²) in [6.07, 6.45) is 3.64. The highest BCUT2D eigenvalue weighted by Gasteiger charge is 1.94. The van der Waals surface area contributed by atoms with E-state index in [9.17, 15) is 0 Å². The topological polar surface area (TPSA) is 27.3 Å². The molecule has 0 aromatic heterocycles. The van der Waals surface area contributed by atoms with Gasteiger partial charge >= 0.3 is 0 Å². The molecule has 0 atom stereocenters. The first-order chi connectivity index (χ1) is 5.35. The molecule has 0 bridgehead atoms. The van der Waals surface area contributed by atoms with Crippen molar-refractivity contribution in [1.82, 2.24) is 16.0 Å². The zero-order valence-corrected chi connectivity index (χ0v) is 7.14. The molecule has 64 valence electrons. The van der Waals surface area contributed by atoms with Gasteiger partial charge in [0.15, 0.2) is 0 Å². The second-order valence-corrected chi connectivity index (χ2v) is 2.05. The van der Waals surface area contributed by atoms with Gasteiger partial charge in [-0.05, 0) is 6.92 Å². The van der Waals surface area contributed by atoms with Crippen molar-refractivity contribution in [3.63, 3.8) is 0 Å². The van der Waals surface area contributed by atoms with Crippen LogP contribution in [-0.4, -0.2) is 24.8 Å². The Hall–Kier alpha value is -0.640. The van der Waals surface area contributed by atoms with Gasteiger partial charge in [-0.2, -0.15) is 5.12 Å². The minimum absolute atomic E-state index is 0.776. The highest BCUT2D eigenvalue weighted by molar-refractivity contribution is 4.70. The van der Waals surface area contributed by atoms with Gasteiger partial charge in [-0.3, -0.25) is 0 Å². The van der Waals surface area contributed by atoms with Gasteiger partial charge in [0.05, 0.1) is 0 Å². The Morgan fingerprint density at radius 3 is 1.91 bits per heavy atom. The quantitative estimate of drug-likeness (QED) is 0.418. The molecule has 3 heteroatoms. The van der Waals surface area contributed by atoms with Crippen LogP contribution in [-0.2, 0) is 0 Å². The van der Waals surface area contributed by atoms with Gasteiger partial charge in [0, 0.05) is 19.6 Å². The van der Waals surface area contributed by atoms with Crippen LogP contribution >= 0.6 is 0 Å². The first-order valence-corrected chi connectivity index (χ1v) is 3.81. The lowest BCUT2D eigenvalue weighted by Crippen LogP contribution is -2.47. The van der Waals surface area contributed by atoms with Crippen molar-refractivity contribution in [1.29, 1.82) is 0 Å². The summed E-state index contributed by atoms with van der Waals surface area (Å²) in [6.45, 7) is 11.7. The Labute approximate surface area is 68.7 Å². The zero-order valence-electron chi connectivity index (χ0n) is 7.14.